The van der Waals surface area contributed by atoms with Crippen molar-refractivity contribution in [1.29, 1.82) is 0 Å². The van der Waals surface area contributed by atoms with Crippen LogP contribution < -0.4 is 5.32 Å². The van der Waals surface area contributed by atoms with Gasteiger partial charge in [0.1, 0.15) is 4.90 Å². The largest absolute Gasteiger partial charge is 0.449 e. The van der Waals surface area contributed by atoms with Crippen molar-refractivity contribution in [2.75, 3.05) is 19.6 Å². The average Bonchev–Trinajstić information content (AvgIpc) is 2.55. The molecule has 0 aliphatic carbocycles. The molecule has 0 radical (unpaired) electrons. The van der Waals surface area contributed by atoms with Crippen LogP contribution in [-0.2, 0) is 19.6 Å². The van der Waals surface area contributed by atoms with Crippen LogP contribution in [0.15, 0.2) is 23.1 Å². The van der Waals surface area contributed by atoms with Crippen LogP contribution >= 0.6 is 11.6 Å². The molecule has 1 rings (SSSR count). The van der Waals surface area contributed by atoms with E-state index in [1.165, 1.54) is 29.4 Å². The molecule has 0 spiro atoms. The molecule has 0 bridgehead atoms. The maximum atomic E-state index is 12.6. The number of benzene rings is 1. The smallest absolute Gasteiger partial charge is 0.338 e. The third-order valence-corrected chi connectivity index (χ3v) is 6.03. The van der Waals surface area contributed by atoms with Crippen LogP contribution in [0, 0.1) is 0 Å². The van der Waals surface area contributed by atoms with Crippen molar-refractivity contribution in [3.05, 3.63) is 28.8 Å². The lowest BCUT2D eigenvalue weighted by molar-refractivity contribution is -0.128. The molecular formula is C16H23ClN2O5S. The summed E-state index contributed by atoms with van der Waals surface area (Å²) in [4.78, 5) is 23.7. The van der Waals surface area contributed by atoms with Crippen LogP contribution in [0.1, 0.15) is 38.1 Å². The highest BCUT2D eigenvalue weighted by atomic mass is 35.5. The Morgan fingerprint density at radius 1 is 1.24 bits per heavy atom. The number of likely N-dealkylation sites (N-methyl/N-ethyl adjacent to an activating group) is 1. The van der Waals surface area contributed by atoms with E-state index in [4.69, 9.17) is 16.3 Å². The van der Waals surface area contributed by atoms with E-state index in [1.54, 1.807) is 20.8 Å². The van der Waals surface area contributed by atoms with Crippen molar-refractivity contribution in [2.24, 2.45) is 0 Å². The van der Waals surface area contributed by atoms with Gasteiger partial charge < -0.3 is 10.1 Å². The summed E-state index contributed by atoms with van der Waals surface area (Å²) in [5.74, 6) is -1.23. The number of carbonyl (C=O) groups excluding carboxylic acids is 2. The molecular weight excluding hydrogens is 368 g/mol. The van der Waals surface area contributed by atoms with Crippen LogP contribution in [0.5, 0.6) is 0 Å². The van der Waals surface area contributed by atoms with Gasteiger partial charge in [-0.25, -0.2) is 13.2 Å². The van der Waals surface area contributed by atoms with E-state index in [0.29, 0.717) is 6.54 Å². The van der Waals surface area contributed by atoms with E-state index < -0.39 is 28.0 Å². The van der Waals surface area contributed by atoms with E-state index in [2.05, 4.69) is 5.32 Å². The number of hydrogen-bond donors (Lipinski definition) is 1. The summed E-state index contributed by atoms with van der Waals surface area (Å²) >= 11 is 6.02. The van der Waals surface area contributed by atoms with Gasteiger partial charge in [-0.05, 0) is 32.0 Å². The first kappa shape index (κ1) is 21.4. The molecule has 1 aromatic carbocycles. The average molecular weight is 391 g/mol. The minimum Gasteiger partial charge on any atom is -0.449 e. The Bertz CT molecular complexity index is 732. The highest BCUT2D eigenvalue weighted by molar-refractivity contribution is 7.89. The van der Waals surface area contributed by atoms with Crippen LogP contribution in [0.3, 0.4) is 0 Å². The second kappa shape index (κ2) is 9.17. The molecule has 0 saturated carbocycles. The van der Waals surface area contributed by atoms with E-state index in [1.807, 2.05) is 0 Å². The fourth-order valence-corrected chi connectivity index (χ4v) is 4.09. The first-order valence-electron chi connectivity index (χ1n) is 7.97. The molecule has 0 heterocycles. The fraction of sp³-hybridized carbons (Fsp3) is 0.500. The zero-order valence-electron chi connectivity index (χ0n) is 14.7. The van der Waals surface area contributed by atoms with E-state index in [-0.39, 0.29) is 28.6 Å². The van der Waals surface area contributed by atoms with Crippen molar-refractivity contribution in [3.63, 3.8) is 0 Å². The molecule has 0 saturated heterocycles. The first-order valence-corrected chi connectivity index (χ1v) is 9.79. The predicted octanol–water partition coefficient (Wildman–Crippen LogP) is 2.05. The van der Waals surface area contributed by atoms with Crippen molar-refractivity contribution in [3.8, 4) is 0 Å². The number of rotatable bonds is 8. The minimum absolute atomic E-state index is 0.00581. The topological polar surface area (TPSA) is 92.8 Å². The summed E-state index contributed by atoms with van der Waals surface area (Å²) in [6.07, 6.45) is -0.994. The van der Waals surface area contributed by atoms with Crippen molar-refractivity contribution < 1.29 is 22.7 Å². The van der Waals surface area contributed by atoms with Gasteiger partial charge in [0.25, 0.3) is 5.91 Å². The zero-order chi connectivity index (χ0) is 19.2. The second-order valence-corrected chi connectivity index (χ2v) is 7.49. The molecule has 0 aliphatic heterocycles. The Hall–Kier alpha value is -1.64. The Morgan fingerprint density at radius 2 is 1.84 bits per heavy atom. The lowest BCUT2D eigenvalue weighted by Crippen LogP contribution is -2.35. The third-order valence-electron chi connectivity index (χ3n) is 3.49. The molecule has 1 amide bonds. The maximum absolute atomic E-state index is 12.6. The lowest BCUT2D eigenvalue weighted by Gasteiger charge is -2.19. The number of hydrogen-bond acceptors (Lipinski definition) is 5. The predicted molar refractivity (Wildman–Crippen MR) is 95.1 cm³/mol. The molecule has 1 aromatic rings. The number of halogens is 1. The molecule has 140 valence electrons. The van der Waals surface area contributed by atoms with Gasteiger partial charge in [0, 0.05) is 19.6 Å². The summed E-state index contributed by atoms with van der Waals surface area (Å²) in [6, 6.07) is 3.85. The van der Waals surface area contributed by atoms with Crippen LogP contribution in [-0.4, -0.2) is 50.3 Å². The molecule has 0 fully saturated rings. The number of nitrogens with one attached hydrogen (secondary N) is 1. The molecule has 0 unspecified atom stereocenters. The normalized spacial score (nSPS) is 12.7. The standard InChI is InChI=1S/C16H23ClN2O5S/c1-5-18-15(20)11(4)24-16(21)12-8-9-13(17)14(10-12)25(22,23)19(6-2)7-3/h8-11H,5-7H2,1-4H3,(H,18,20)/t11-/m1/s1. The molecule has 1 N–H and O–H groups in total. The first-order chi connectivity index (χ1) is 11.7. The minimum atomic E-state index is -3.83. The Kier molecular flexibility index (Phi) is 7.85. The molecule has 25 heavy (non-hydrogen) atoms. The van der Waals surface area contributed by atoms with Crippen LogP contribution in [0.2, 0.25) is 5.02 Å². The van der Waals surface area contributed by atoms with Gasteiger partial charge in [0.05, 0.1) is 10.6 Å². The summed E-state index contributed by atoms with van der Waals surface area (Å²) in [5.41, 5.74) is 0.00581. The summed E-state index contributed by atoms with van der Waals surface area (Å²) < 4.78 is 31.6. The summed E-state index contributed by atoms with van der Waals surface area (Å²) in [5, 5.41) is 2.55. The maximum Gasteiger partial charge on any atom is 0.338 e. The molecule has 7 nitrogen and oxygen atoms in total. The van der Waals surface area contributed by atoms with Gasteiger partial charge in [-0.15, -0.1) is 0 Å². The summed E-state index contributed by atoms with van der Waals surface area (Å²) in [7, 11) is -3.83. The van der Waals surface area contributed by atoms with Crippen LogP contribution in [0.25, 0.3) is 0 Å². The Balaban J connectivity index is 3.13. The second-order valence-electron chi connectivity index (χ2n) is 5.18. The fourth-order valence-electron chi connectivity index (χ4n) is 2.13. The van der Waals surface area contributed by atoms with Gasteiger partial charge in [-0.2, -0.15) is 4.31 Å². The molecule has 0 aliphatic rings. The highest BCUT2D eigenvalue weighted by Crippen LogP contribution is 2.26. The van der Waals surface area contributed by atoms with E-state index >= 15 is 0 Å². The number of sulfonamides is 1. The monoisotopic (exact) mass is 390 g/mol. The molecule has 9 heteroatoms. The highest BCUT2D eigenvalue weighted by Gasteiger charge is 2.26. The SMILES string of the molecule is CCNC(=O)[C@@H](C)OC(=O)c1ccc(Cl)c(S(=O)(=O)N(CC)CC)c1. The van der Waals surface area contributed by atoms with Gasteiger partial charge in [-0.3, -0.25) is 4.79 Å². The Morgan fingerprint density at radius 3 is 2.36 bits per heavy atom. The van der Waals surface area contributed by atoms with Crippen molar-refractivity contribution >= 4 is 33.5 Å². The number of carbonyl (C=O) groups is 2. The lowest BCUT2D eigenvalue weighted by atomic mass is 10.2. The summed E-state index contributed by atoms with van der Waals surface area (Å²) in [6.45, 7) is 7.56. The number of esters is 1. The quantitative estimate of drug-likeness (QED) is 0.686. The van der Waals surface area contributed by atoms with Crippen molar-refractivity contribution in [2.45, 2.75) is 38.7 Å². The molecule has 0 aromatic heterocycles. The van der Waals surface area contributed by atoms with E-state index in [9.17, 15) is 18.0 Å². The number of amides is 1. The van der Waals surface area contributed by atoms with Gasteiger partial charge >= 0.3 is 5.97 Å². The van der Waals surface area contributed by atoms with E-state index in [0.717, 1.165) is 0 Å². The van der Waals surface area contributed by atoms with Crippen molar-refractivity contribution in [1.82, 2.24) is 9.62 Å². The van der Waals surface area contributed by atoms with Gasteiger partial charge in [-0.1, -0.05) is 25.4 Å². The number of ether oxygens (including phenoxy) is 1. The number of nitrogens with zero attached hydrogens (tertiary/aromatic N) is 1. The Labute approximate surface area is 153 Å². The molecule has 1 atom stereocenters. The third kappa shape index (κ3) is 5.17. The van der Waals surface area contributed by atoms with Gasteiger partial charge in [0.2, 0.25) is 10.0 Å². The zero-order valence-corrected chi connectivity index (χ0v) is 16.3. The van der Waals surface area contributed by atoms with Crippen LogP contribution in [0.4, 0.5) is 0 Å². The van der Waals surface area contributed by atoms with Gasteiger partial charge in [0.15, 0.2) is 6.10 Å².